The summed E-state index contributed by atoms with van der Waals surface area (Å²) < 4.78 is 22.6. The largest absolute Gasteiger partial charge is 0.489 e. The molecule has 0 aliphatic heterocycles. The van der Waals surface area contributed by atoms with E-state index in [0.29, 0.717) is 17.9 Å². The van der Waals surface area contributed by atoms with Crippen molar-refractivity contribution >= 4 is 22.7 Å². The van der Waals surface area contributed by atoms with Gasteiger partial charge in [0.15, 0.2) is 0 Å². The van der Waals surface area contributed by atoms with E-state index in [0.717, 1.165) is 39.1 Å². The van der Waals surface area contributed by atoms with E-state index in [4.69, 9.17) is 18.9 Å². The van der Waals surface area contributed by atoms with Gasteiger partial charge in [0.1, 0.15) is 43.5 Å². The number of carbonyl (C=O) groups is 2. The molecular weight excluding hydrogens is 568 g/mol. The van der Waals surface area contributed by atoms with Gasteiger partial charge >= 0.3 is 11.9 Å². The Balaban J connectivity index is 1.14. The predicted molar refractivity (Wildman–Crippen MR) is 172 cm³/mol. The number of fused-ring (bicyclic) bond motifs is 2. The quantitative estimate of drug-likeness (QED) is 0.124. The van der Waals surface area contributed by atoms with E-state index >= 15 is 0 Å². The average Bonchev–Trinajstić information content (AvgIpc) is 3.05. The number of hydrogen-bond donors (Lipinski definition) is 1. The molecule has 3 aliphatic rings. The summed E-state index contributed by atoms with van der Waals surface area (Å²) in [6, 6.07) is 25.4. The number of carbonyl (C=O) groups excluding carboxylic acids is 2. The second-order valence-electron chi connectivity index (χ2n) is 12.6. The lowest BCUT2D eigenvalue weighted by Gasteiger charge is -2.50. The van der Waals surface area contributed by atoms with Crippen LogP contribution in [0.2, 0.25) is 0 Å². The lowest BCUT2D eigenvalue weighted by molar-refractivity contribution is -0.160. The molecule has 45 heavy (non-hydrogen) atoms. The fourth-order valence-electron chi connectivity index (χ4n) is 6.67. The van der Waals surface area contributed by atoms with E-state index in [1.165, 1.54) is 5.56 Å². The van der Waals surface area contributed by atoms with Crippen LogP contribution in [-0.2, 0) is 30.1 Å². The maximum Gasteiger partial charge on any atom is 0.330 e. The molecule has 0 aromatic heterocycles. The molecule has 0 spiro atoms. The number of aliphatic hydroxyl groups is 1. The molecule has 2 bridgehead atoms. The van der Waals surface area contributed by atoms with Crippen LogP contribution in [0.25, 0.3) is 10.8 Å². The van der Waals surface area contributed by atoms with Gasteiger partial charge < -0.3 is 24.1 Å². The molecule has 3 atom stereocenters. The van der Waals surface area contributed by atoms with E-state index in [9.17, 15) is 14.7 Å². The zero-order valence-corrected chi connectivity index (χ0v) is 25.9. The molecule has 3 aliphatic carbocycles. The Labute approximate surface area is 263 Å². The number of esters is 2. The second kappa shape index (κ2) is 12.1. The fraction of sp³-hybridized carbons (Fsp3) is 0.316. The molecule has 0 fully saturated rings. The van der Waals surface area contributed by atoms with E-state index in [1.807, 2.05) is 48.5 Å². The van der Waals surface area contributed by atoms with Gasteiger partial charge in [-0.05, 0) is 51.8 Å². The van der Waals surface area contributed by atoms with Crippen LogP contribution in [-0.4, -0.2) is 43.5 Å². The highest BCUT2D eigenvalue weighted by Crippen LogP contribution is 2.58. The third-order valence-corrected chi connectivity index (χ3v) is 8.89. The zero-order valence-electron chi connectivity index (χ0n) is 25.9. The Kier molecular flexibility index (Phi) is 8.14. The molecule has 7 rings (SSSR count). The van der Waals surface area contributed by atoms with Crippen molar-refractivity contribution in [1.82, 2.24) is 0 Å². The van der Waals surface area contributed by atoms with Crippen molar-refractivity contribution in [2.75, 3.05) is 26.4 Å². The molecule has 0 heterocycles. The summed E-state index contributed by atoms with van der Waals surface area (Å²) >= 11 is 0. The molecule has 4 aromatic rings. The minimum atomic E-state index is -1.47. The first-order chi connectivity index (χ1) is 21.6. The Hall–Kier alpha value is -4.62. The van der Waals surface area contributed by atoms with Crippen LogP contribution in [0.15, 0.2) is 91.5 Å². The molecule has 1 N–H and O–H groups in total. The zero-order chi connectivity index (χ0) is 31.8. The van der Waals surface area contributed by atoms with Gasteiger partial charge in [0, 0.05) is 22.8 Å². The van der Waals surface area contributed by atoms with Crippen molar-refractivity contribution < 1.29 is 33.6 Å². The minimum Gasteiger partial charge on any atom is -0.489 e. The summed E-state index contributed by atoms with van der Waals surface area (Å²) in [5, 5.41) is 14.1. The fourth-order valence-corrected chi connectivity index (χ4v) is 6.67. The summed E-state index contributed by atoms with van der Waals surface area (Å²) in [7, 11) is 0. The van der Waals surface area contributed by atoms with Crippen molar-refractivity contribution in [3.8, 4) is 11.5 Å². The van der Waals surface area contributed by atoms with Gasteiger partial charge in [-0.1, -0.05) is 94.1 Å². The first-order valence-corrected chi connectivity index (χ1v) is 15.3. The normalized spacial score (nSPS) is 19.7. The number of benzene rings is 4. The van der Waals surface area contributed by atoms with E-state index in [-0.39, 0.29) is 37.8 Å². The van der Waals surface area contributed by atoms with Gasteiger partial charge in [-0.25, -0.2) is 4.79 Å². The third kappa shape index (κ3) is 5.57. The van der Waals surface area contributed by atoms with Crippen LogP contribution in [0, 0.1) is 5.92 Å². The predicted octanol–water partition coefficient (Wildman–Crippen LogP) is 6.57. The van der Waals surface area contributed by atoms with Crippen molar-refractivity contribution in [3.05, 3.63) is 119 Å². The number of hydrogen-bond acceptors (Lipinski definition) is 7. The Bertz CT molecular complexity index is 1770. The van der Waals surface area contributed by atoms with E-state index < -0.39 is 23.5 Å². The van der Waals surface area contributed by atoms with Crippen LogP contribution in [0.1, 0.15) is 60.9 Å². The molecular formula is C38H38O7. The van der Waals surface area contributed by atoms with Crippen molar-refractivity contribution in [2.45, 2.75) is 44.1 Å². The van der Waals surface area contributed by atoms with Gasteiger partial charge in [-0.15, -0.1) is 0 Å². The first kappa shape index (κ1) is 30.4. The summed E-state index contributed by atoms with van der Waals surface area (Å²) in [6.07, 6.45) is 1.59. The standard InChI is InChI=1S/C38H38O7/c1-5-35(39)44-20-18-42-33-16-17-34(27-12-7-6-11-26(27)33)43-19-21-45-36(40)32-23-28-25-10-8-9-13-30(25)38(32,41)31-15-14-24(22-29(28)31)37(2,3)4/h5-17,22,28,32,41H,1,18-21,23H2,2-4H3. The van der Waals surface area contributed by atoms with Crippen LogP contribution in [0.4, 0.5) is 0 Å². The highest BCUT2D eigenvalue weighted by Gasteiger charge is 2.56. The van der Waals surface area contributed by atoms with Gasteiger partial charge in [0.25, 0.3) is 0 Å². The molecule has 4 aromatic carbocycles. The lowest BCUT2D eigenvalue weighted by Crippen LogP contribution is -2.51. The SMILES string of the molecule is C=CC(=O)OCCOc1ccc(OCCOC(=O)C2CC3c4ccccc4C2(O)c2ccc(C(C)(C)C)cc23)c2ccccc12. The first-order valence-electron chi connectivity index (χ1n) is 15.3. The maximum atomic E-state index is 13.6. The van der Waals surface area contributed by atoms with Gasteiger partial charge in [-0.2, -0.15) is 0 Å². The van der Waals surface area contributed by atoms with Crippen LogP contribution >= 0.6 is 0 Å². The highest BCUT2D eigenvalue weighted by atomic mass is 16.6. The van der Waals surface area contributed by atoms with E-state index in [1.54, 1.807) is 12.1 Å². The average molecular weight is 607 g/mol. The van der Waals surface area contributed by atoms with Crippen molar-refractivity contribution in [3.63, 3.8) is 0 Å². The molecule has 0 saturated carbocycles. The molecule has 7 heteroatoms. The van der Waals surface area contributed by atoms with Crippen molar-refractivity contribution in [2.24, 2.45) is 5.92 Å². The van der Waals surface area contributed by atoms with Gasteiger partial charge in [0.2, 0.25) is 0 Å². The summed E-state index contributed by atoms with van der Waals surface area (Å²) in [6.45, 7) is 10.4. The minimum absolute atomic E-state index is 0.00228. The smallest absolute Gasteiger partial charge is 0.330 e. The van der Waals surface area contributed by atoms with Crippen molar-refractivity contribution in [1.29, 1.82) is 0 Å². The summed E-state index contributed by atoms with van der Waals surface area (Å²) in [5.41, 5.74) is 3.43. The Morgan fingerprint density at radius 2 is 1.42 bits per heavy atom. The maximum absolute atomic E-state index is 13.6. The molecule has 0 saturated heterocycles. The van der Waals surface area contributed by atoms with Gasteiger partial charge in [-0.3, -0.25) is 4.79 Å². The summed E-state index contributed by atoms with van der Waals surface area (Å²) in [5.74, 6) is -0.398. The monoisotopic (exact) mass is 606 g/mol. The molecule has 3 unspecified atom stereocenters. The second-order valence-corrected chi connectivity index (χ2v) is 12.6. The van der Waals surface area contributed by atoms with Crippen LogP contribution in [0.5, 0.6) is 11.5 Å². The van der Waals surface area contributed by atoms with Gasteiger partial charge in [0.05, 0.1) is 5.92 Å². The van der Waals surface area contributed by atoms with Crippen LogP contribution < -0.4 is 9.47 Å². The number of ether oxygens (including phenoxy) is 4. The number of rotatable bonds is 10. The van der Waals surface area contributed by atoms with E-state index in [2.05, 4.69) is 45.5 Å². The Morgan fingerprint density at radius 1 is 0.822 bits per heavy atom. The molecule has 0 amide bonds. The van der Waals surface area contributed by atoms with Crippen LogP contribution in [0.3, 0.4) is 0 Å². The molecule has 232 valence electrons. The Morgan fingerprint density at radius 3 is 2.07 bits per heavy atom. The molecule has 7 nitrogen and oxygen atoms in total. The molecule has 0 radical (unpaired) electrons. The third-order valence-electron chi connectivity index (χ3n) is 8.89. The lowest BCUT2D eigenvalue weighted by atomic mass is 9.56. The summed E-state index contributed by atoms with van der Waals surface area (Å²) in [4.78, 5) is 24.9. The highest BCUT2D eigenvalue weighted by molar-refractivity contribution is 5.93. The topological polar surface area (TPSA) is 91.3 Å².